The molecule has 0 aliphatic carbocycles. The second kappa shape index (κ2) is 4.07. The van der Waals surface area contributed by atoms with Crippen LogP contribution in [0.15, 0.2) is 5.38 Å². The second-order valence-electron chi connectivity index (χ2n) is 4.10. The number of nitrogen functional groups attached to an aromatic ring is 1. The Kier molecular flexibility index (Phi) is 3.27. The van der Waals surface area contributed by atoms with Crippen molar-refractivity contribution in [2.24, 2.45) is 0 Å². The van der Waals surface area contributed by atoms with Gasteiger partial charge in [-0.2, -0.15) is 0 Å². The molecule has 4 heteroatoms. The smallest absolute Gasteiger partial charge is 0.180 e. The Morgan fingerprint density at radius 3 is 2.69 bits per heavy atom. The van der Waals surface area contributed by atoms with E-state index in [0.29, 0.717) is 5.13 Å². The van der Waals surface area contributed by atoms with Gasteiger partial charge < -0.3 is 11.1 Å². The van der Waals surface area contributed by atoms with E-state index in [-0.39, 0.29) is 5.54 Å². The normalized spacial score (nSPS) is 11.9. The maximum atomic E-state index is 5.52. The molecular formula is C9H17N3S. The number of rotatable bonds is 3. The van der Waals surface area contributed by atoms with Crippen molar-refractivity contribution in [3.8, 4) is 0 Å². The molecule has 13 heavy (non-hydrogen) atoms. The Hall–Kier alpha value is -0.610. The lowest BCUT2D eigenvalue weighted by Gasteiger charge is -2.19. The van der Waals surface area contributed by atoms with Gasteiger partial charge >= 0.3 is 0 Å². The highest BCUT2D eigenvalue weighted by molar-refractivity contribution is 7.13. The van der Waals surface area contributed by atoms with Gasteiger partial charge in [0.05, 0.1) is 5.69 Å². The maximum absolute atomic E-state index is 5.52. The van der Waals surface area contributed by atoms with Crippen LogP contribution in [0, 0.1) is 0 Å². The highest BCUT2D eigenvalue weighted by Crippen LogP contribution is 2.11. The summed E-state index contributed by atoms with van der Waals surface area (Å²) >= 11 is 1.50. The summed E-state index contributed by atoms with van der Waals surface area (Å²) in [7, 11) is 0. The minimum absolute atomic E-state index is 0.182. The van der Waals surface area contributed by atoms with Gasteiger partial charge in [0.1, 0.15) is 0 Å². The van der Waals surface area contributed by atoms with E-state index >= 15 is 0 Å². The Morgan fingerprint density at radius 1 is 1.54 bits per heavy atom. The minimum atomic E-state index is 0.182. The second-order valence-corrected chi connectivity index (χ2v) is 4.99. The summed E-state index contributed by atoms with van der Waals surface area (Å²) in [5.41, 5.74) is 6.79. The average molecular weight is 199 g/mol. The van der Waals surface area contributed by atoms with E-state index in [1.54, 1.807) is 0 Å². The number of thiazole rings is 1. The van der Waals surface area contributed by atoms with Crippen molar-refractivity contribution in [3.63, 3.8) is 0 Å². The van der Waals surface area contributed by atoms with Gasteiger partial charge in [0.2, 0.25) is 0 Å². The van der Waals surface area contributed by atoms with Gasteiger partial charge in [0, 0.05) is 23.9 Å². The Labute approximate surface area is 83.4 Å². The van der Waals surface area contributed by atoms with Gasteiger partial charge in [0.25, 0.3) is 0 Å². The zero-order valence-corrected chi connectivity index (χ0v) is 9.24. The standard InChI is InChI=1S/C9H17N3S/c1-9(2,3)11-5-4-7-6-13-8(10)12-7/h6,11H,4-5H2,1-3H3,(H2,10,12). The summed E-state index contributed by atoms with van der Waals surface area (Å²) in [6, 6.07) is 0. The number of nitrogens with two attached hydrogens (primary N) is 1. The fourth-order valence-corrected chi connectivity index (χ4v) is 1.60. The molecule has 0 aliphatic rings. The van der Waals surface area contributed by atoms with Crippen molar-refractivity contribution in [1.29, 1.82) is 0 Å². The quantitative estimate of drug-likeness (QED) is 0.778. The zero-order valence-electron chi connectivity index (χ0n) is 8.42. The van der Waals surface area contributed by atoms with E-state index in [9.17, 15) is 0 Å². The lowest BCUT2D eigenvalue weighted by atomic mass is 10.1. The number of hydrogen-bond donors (Lipinski definition) is 2. The fraction of sp³-hybridized carbons (Fsp3) is 0.667. The van der Waals surface area contributed by atoms with Gasteiger partial charge in [0.15, 0.2) is 5.13 Å². The van der Waals surface area contributed by atoms with Crippen molar-refractivity contribution in [2.75, 3.05) is 12.3 Å². The molecule has 0 bridgehead atoms. The van der Waals surface area contributed by atoms with Crippen LogP contribution in [-0.2, 0) is 6.42 Å². The molecule has 1 rings (SSSR count). The molecule has 0 unspecified atom stereocenters. The zero-order chi connectivity index (χ0) is 9.90. The largest absolute Gasteiger partial charge is 0.375 e. The van der Waals surface area contributed by atoms with Crippen LogP contribution >= 0.6 is 11.3 Å². The molecule has 3 nitrogen and oxygen atoms in total. The number of aromatic nitrogens is 1. The molecule has 0 amide bonds. The predicted molar refractivity (Wildman–Crippen MR) is 58.0 cm³/mol. The first-order chi connectivity index (χ1) is 5.97. The average Bonchev–Trinajstić information content (AvgIpc) is 2.33. The van der Waals surface area contributed by atoms with Gasteiger partial charge in [-0.05, 0) is 20.8 Å². The van der Waals surface area contributed by atoms with Crippen LogP contribution in [0.1, 0.15) is 26.5 Å². The summed E-state index contributed by atoms with van der Waals surface area (Å²) < 4.78 is 0. The summed E-state index contributed by atoms with van der Waals surface area (Å²) in [6.07, 6.45) is 0.949. The summed E-state index contributed by atoms with van der Waals surface area (Å²) in [4.78, 5) is 4.19. The molecule has 74 valence electrons. The molecule has 0 radical (unpaired) electrons. The van der Waals surface area contributed by atoms with Gasteiger partial charge in [-0.25, -0.2) is 4.98 Å². The third-order valence-corrected chi connectivity index (χ3v) is 2.33. The van der Waals surface area contributed by atoms with Crippen molar-refractivity contribution in [1.82, 2.24) is 10.3 Å². The van der Waals surface area contributed by atoms with E-state index in [2.05, 4.69) is 31.1 Å². The molecule has 0 atom stereocenters. The third kappa shape index (κ3) is 4.24. The van der Waals surface area contributed by atoms with Crippen molar-refractivity contribution < 1.29 is 0 Å². The molecule has 0 spiro atoms. The fourth-order valence-electron chi connectivity index (χ4n) is 1.00. The molecule has 0 fully saturated rings. The highest BCUT2D eigenvalue weighted by atomic mass is 32.1. The van der Waals surface area contributed by atoms with Crippen LogP contribution in [0.4, 0.5) is 5.13 Å². The molecular weight excluding hydrogens is 182 g/mol. The first-order valence-electron chi connectivity index (χ1n) is 4.42. The molecule has 1 aromatic heterocycles. The minimum Gasteiger partial charge on any atom is -0.375 e. The van der Waals surface area contributed by atoms with E-state index in [0.717, 1.165) is 18.7 Å². The van der Waals surface area contributed by atoms with E-state index in [4.69, 9.17) is 5.73 Å². The van der Waals surface area contributed by atoms with E-state index < -0.39 is 0 Å². The van der Waals surface area contributed by atoms with Gasteiger partial charge in [-0.3, -0.25) is 0 Å². The molecule has 0 aromatic carbocycles. The summed E-state index contributed by atoms with van der Waals surface area (Å²) in [5.74, 6) is 0. The number of anilines is 1. The molecule has 3 N–H and O–H groups in total. The summed E-state index contributed by atoms with van der Waals surface area (Å²) in [5, 5.41) is 6.08. The molecule has 0 saturated carbocycles. The van der Waals surface area contributed by atoms with E-state index in [1.165, 1.54) is 11.3 Å². The molecule has 1 heterocycles. The van der Waals surface area contributed by atoms with Crippen LogP contribution in [0.25, 0.3) is 0 Å². The number of nitrogens with zero attached hydrogens (tertiary/aromatic N) is 1. The Balaban J connectivity index is 2.28. The van der Waals surface area contributed by atoms with Crippen LogP contribution < -0.4 is 11.1 Å². The van der Waals surface area contributed by atoms with Crippen LogP contribution in [0.5, 0.6) is 0 Å². The first-order valence-corrected chi connectivity index (χ1v) is 5.30. The van der Waals surface area contributed by atoms with Crippen LogP contribution in [0.2, 0.25) is 0 Å². The monoisotopic (exact) mass is 199 g/mol. The van der Waals surface area contributed by atoms with Gasteiger partial charge in [-0.1, -0.05) is 0 Å². The molecule has 0 aliphatic heterocycles. The first kappa shape index (κ1) is 10.5. The molecule has 0 saturated heterocycles. The highest BCUT2D eigenvalue weighted by Gasteiger charge is 2.08. The predicted octanol–water partition coefficient (Wildman–Crippen LogP) is 1.66. The number of hydrogen-bond acceptors (Lipinski definition) is 4. The van der Waals surface area contributed by atoms with Gasteiger partial charge in [-0.15, -0.1) is 11.3 Å². The topological polar surface area (TPSA) is 50.9 Å². The molecule has 1 aromatic rings. The SMILES string of the molecule is CC(C)(C)NCCc1csc(N)n1. The lowest BCUT2D eigenvalue weighted by Crippen LogP contribution is -2.37. The van der Waals surface area contributed by atoms with E-state index in [1.807, 2.05) is 5.38 Å². The Morgan fingerprint density at radius 2 is 2.23 bits per heavy atom. The third-order valence-electron chi connectivity index (χ3n) is 1.61. The van der Waals surface area contributed by atoms with Crippen LogP contribution in [0.3, 0.4) is 0 Å². The Bertz CT molecular complexity index is 262. The van der Waals surface area contributed by atoms with Crippen molar-refractivity contribution in [2.45, 2.75) is 32.7 Å². The van der Waals surface area contributed by atoms with Crippen LogP contribution in [-0.4, -0.2) is 17.1 Å². The van der Waals surface area contributed by atoms with Crippen molar-refractivity contribution in [3.05, 3.63) is 11.1 Å². The lowest BCUT2D eigenvalue weighted by molar-refractivity contribution is 0.429. The number of nitrogens with one attached hydrogen (secondary N) is 1. The maximum Gasteiger partial charge on any atom is 0.180 e. The summed E-state index contributed by atoms with van der Waals surface area (Å²) in [6.45, 7) is 7.42. The van der Waals surface area contributed by atoms with Crippen molar-refractivity contribution >= 4 is 16.5 Å².